The number of rotatable bonds is 3. The lowest BCUT2D eigenvalue weighted by molar-refractivity contribution is -0.150. The molecule has 0 saturated carbocycles. The third-order valence-corrected chi connectivity index (χ3v) is 3.05. The highest BCUT2D eigenvalue weighted by Gasteiger charge is 2.34. The van der Waals surface area contributed by atoms with Gasteiger partial charge in [-0.15, -0.1) is 0 Å². The van der Waals surface area contributed by atoms with Gasteiger partial charge in [-0.2, -0.15) is 0 Å². The van der Waals surface area contributed by atoms with E-state index in [1.54, 1.807) is 12.1 Å². The van der Waals surface area contributed by atoms with Gasteiger partial charge >= 0.3 is 5.97 Å². The van der Waals surface area contributed by atoms with E-state index in [2.05, 4.69) is 26.2 Å². The lowest BCUT2D eigenvalue weighted by Crippen LogP contribution is -2.29. The first kappa shape index (κ1) is 13.0. The van der Waals surface area contributed by atoms with Crippen molar-refractivity contribution in [1.29, 1.82) is 0 Å². The molecule has 2 N–H and O–H groups in total. The summed E-state index contributed by atoms with van der Waals surface area (Å²) in [5.41, 5.74) is 0.547. The number of aromatic nitrogens is 1. The highest BCUT2D eigenvalue weighted by molar-refractivity contribution is 9.10. The molecule has 1 aliphatic rings. The molecule has 1 saturated heterocycles. The quantitative estimate of drug-likeness (QED) is 0.824. The van der Waals surface area contributed by atoms with Gasteiger partial charge in [0, 0.05) is 0 Å². The van der Waals surface area contributed by atoms with Crippen LogP contribution in [0.25, 0.3) is 0 Å². The predicted molar refractivity (Wildman–Crippen MR) is 66.1 cm³/mol. The zero-order valence-electron chi connectivity index (χ0n) is 9.30. The number of anilines is 1. The Kier molecular flexibility index (Phi) is 3.93. The third kappa shape index (κ3) is 3.05. The van der Waals surface area contributed by atoms with E-state index in [1.165, 1.54) is 6.20 Å². The third-order valence-electron chi connectivity index (χ3n) is 2.58. The average Bonchev–Trinajstić information content (AvgIpc) is 2.81. The lowest BCUT2D eigenvalue weighted by atomic mass is 10.2. The molecule has 2 heterocycles. The van der Waals surface area contributed by atoms with Gasteiger partial charge in [-0.1, -0.05) is 0 Å². The molecule has 1 aliphatic heterocycles. The van der Waals surface area contributed by atoms with Crippen LogP contribution < -0.4 is 5.32 Å². The largest absolute Gasteiger partial charge is 0.479 e. The molecule has 2 unspecified atom stereocenters. The summed E-state index contributed by atoms with van der Waals surface area (Å²) in [5, 5.41) is 11.4. The van der Waals surface area contributed by atoms with Crippen LogP contribution in [0.4, 0.5) is 5.69 Å². The number of carbonyl (C=O) groups is 2. The summed E-state index contributed by atoms with van der Waals surface area (Å²) in [6.07, 6.45) is 0.670. The highest BCUT2D eigenvalue weighted by atomic mass is 79.9. The van der Waals surface area contributed by atoms with Crippen molar-refractivity contribution >= 4 is 33.5 Å². The fourth-order valence-corrected chi connectivity index (χ4v) is 1.92. The van der Waals surface area contributed by atoms with E-state index in [1.807, 2.05) is 0 Å². The number of amides is 1. The van der Waals surface area contributed by atoms with Gasteiger partial charge in [-0.3, -0.25) is 4.79 Å². The molecular weight excluding hydrogens is 304 g/mol. The Morgan fingerprint density at radius 1 is 1.39 bits per heavy atom. The van der Waals surface area contributed by atoms with E-state index in [0.29, 0.717) is 23.1 Å². The van der Waals surface area contributed by atoms with Crippen LogP contribution in [-0.4, -0.2) is 34.2 Å². The Balaban J connectivity index is 1.93. The zero-order chi connectivity index (χ0) is 13.1. The standard InChI is InChI=1S/C11H11BrN2O4/c12-9-4-1-6(5-13-9)14-10(15)7-2-3-8(18-7)11(16)17/h1,4-5,7-8H,2-3H2,(H,14,15)(H,16,17). The van der Waals surface area contributed by atoms with Crippen molar-refractivity contribution < 1.29 is 19.4 Å². The summed E-state index contributed by atoms with van der Waals surface area (Å²) in [6.45, 7) is 0. The predicted octanol–water partition coefficient (Wildman–Crippen LogP) is 1.41. The number of ether oxygens (including phenoxy) is 1. The molecule has 6 nitrogen and oxygen atoms in total. The first-order valence-electron chi connectivity index (χ1n) is 5.37. The summed E-state index contributed by atoms with van der Waals surface area (Å²) < 4.78 is 5.81. The molecule has 7 heteroatoms. The molecule has 0 aromatic carbocycles. The number of carbonyl (C=O) groups excluding carboxylic acids is 1. The van der Waals surface area contributed by atoms with Gasteiger partial charge in [0.1, 0.15) is 10.7 Å². The first-order valence-corrected chi connectivity index (χ1v) is 6.16. The number of halogens is 1. The van der Waals surface area contributed by atoms with Gasteiger partial charge in [0.15, 0.2) is 6.10 Å². The van der Waals surface area contributed by atoms with Gasteiger partial charge < -0.3 is 15.2 Å². The number of carboxylic acids is 1. The summed E-state index contributed by atoms with van der Waals surface area (Å²) in [6, 6.07) is 3.39. The van der Waals surface area contributed by atoms with Crippen LogP contribution in [0.5, 0.6) is 0 Å². The minimum absolute atomic E-state index is 0.345. The first-order chi connectivity index (χ1) is 8.56. The Morgan fingerprint density at radius 3 is 2.67 bits per heavy atom. The van der Waals surface area contributed by atoms with E-state index in [-0.39, 0.29) is 5.91 Å². The van der Waals surface area contributed by atoms with E-state index in [4.69, 9.17) is 9.84 Å². The van der Waals surface area contributed by atoms with E-state index in [9.17, 15) is 9.59 Å². The average molecular weight is 315 g/mol. The maximum absolute atomic E-state index is 11.8. The Labute approximate surface area is 111 Å². The number of pyridine rings is 1. The summed E-state index contributed by atoms with van der Waals surface area (Å²) >= 11 is 3.19. The van der Waals surface area contributed by atoms with Crippen molar-refractivity contribution in [1.82, 2.24) is 4.98 Å². The van der Waals surface area contributed by atoms with E-state index < -0.39 is 18.2 Å². The van der Waals surface area contributed by atoms with Crippen LogP contribution in [0.15, 0.2) is 22.9 Å². The number of hydrogen-bond acceptors (Lipinski definition) is 4. The zero-order valence-corrected chi connectivity index (χ0v) is 10.9. The maximum Gasteiger partial charge on any atom is 0.332 e. The monoisotopic (exact) mass is 314 g/mol. The van der Waals surface area contributed by atoms with Crippen LogP contribution in [0.1, 0.15) is 12.8 Å². The molecule has 1 aromatic heterocycles. The maximum atomic E-state index is 11.8. The summed E-state index contributed by atoms with van der Waals surface area (Å²) in [7, 11) is 0. The molecule has 0 spiro atoms. The topological polar surface area (TPSA) is 88.5 Å². The van der Waals surface area contributed by atoms with Gasteiger partial charge in [0.2, 0.25) is 0 Å². The van der Waals surface area contributed by atoms with Gasteiger partial charge in [0.25, 0.3) is 5.91 Å². The van der Waals surface area contributed by atoms with Crippen molar-refractivity contribution in [3.05, 3.63) is 22.9 Å². The van der Waals surface area contributed by atoms with Crippen molar-refractivity contribution in [2.75, 3.05) is 5.32 Å². The van der Waals surface area contributed by atoms with Crippen molar-refractivity contribution in [2.45, 2.75) is 25.0 Å². The normalized spacial score (nSPS) is 22.7. The molecule has 0 bridgehead atoms. The number of aliphatic carboxylic acids is 1. The molecule has 18 heavy (non-hydrogen) atoms. The van der Waals surface area contributed by atoms with Crippen LogP contribution in [0.2, 0.25) is 0 Å². The molecule has 1 aromatic rings. The van der Waals surface area contributed by atoms with Crippen LogP contribution >= 0.6 is 15.9 Å². The fourth-order valence-electron chi connectivity index (χ4n) is 1.68. The molecule has 2 atom stereocenters. The van der Waals surface area contributed by atoms with E-state index >= 15 is 0 Å². The van der Waals surface area contributed by atoms with Crippen LogP contribution in [-0.2, 0) is 14.3 Å². The van der Waals surface area contributed by atoms with Gasteiger partial charge in [0.05, 0.1) is 11.9 Å². The smallest absolute Gasteiger partial charge is 0.332 e. The lowest BCUT2D eigenvalue weighted by Gasteiger charge is -2.11. The van der Waals surface area contributed by atoms with Gasteiger partial charge in [-0.05, 0) is 40.9 Å². The molecule has 0 radical (unpaired) electrons. The Morgan fingerprint density at radius 2 is 2.11 bits per heavy atom. The van der Waals surface area contributed by atoms with Crippen molar-refractivity contribution in [3.63, 3.8) is 0 Å². The number of nitrogens with zero attached hydrogens (tertiary/aromatic N) is 1. The second-order valence-electron chi connectivity index (χ2n) is 3.89. The van der Waals surface area contributed by atoms with E-state index in [0.717, 1.165) is 0 Å². The second-order valence-corrected chi connectivity index (χ2v) is 4.70. The number of hydrogen-bond donors (Lipinski definition) is 2. The Hall–Kier alpha value is -1.47. The molecule has 1 fully saturated rings. The molecule has 2 rings (SSSR count). The molecular formula is C11H11BrN2O4. The SMILES string of the molecule is O=C(O)C1CCC(C(=O)Nc2ccc(Br)nc2)O1. The van der Waals surface area contributed by atoms with Crippen molar-refractivity contribution in [2.24, 2.45) is 0 Å². The second kappa shape index (κ2) is 5.45. The molecule has 1 amide bonds. The summed E-state index contributed by atoms with van der Waals surface area (Å²) in [5.74, 6) is -1.38. The Bertz CT molecular complexity index is 463. The molecule has 96 valence electrons. The molecule has 0 aliphatic carbocycles. The summed E-state index contributed by atoms with van der Waals surface area (Å²) in [4.78, 5) is 26.5. The minimum Gasteiger partial charge on any atom is -0.479 e. The van der Waals surface area contributed by atoms with Crippen LogP contribution in [0.3, 0.4) is 0 Å². The minimum atomic E-state index is -1.03. The number of nitrogens with one attached hydrogen (secondary N) is 1. The van der Waals surface area contributed by atoms with Gasteiger partial charge in [-0.25, -0.2) is 9.78 Å². The fraction of sp³-hybridized carbons (Fsp3) is 0.364. The van der Waals surface area contributed by atoms with Crippen molar-refractivity contribution in [3.8, 4) is 0 Å². The number of carboxylic acid groups (broad SMARTS) is 1. The highest BCUT2D eigenvalue weighted by Crippen LogP contribution is 2.21. The van der Waals surface area contributed by atoms with Crippen LogP contribution in [0, 0.1) is 0 Å².